The molecule has 2 rings (SSSR count). The van der Waals surface area contributed by atoms with Crippen molar-refractivity contribution in [2.75, 3.05) is 0 Å². The number of nitrogens with zero attached hydrogens (tertiary/aromatic N) is 1. The first-order valence-electron chi connectivity index (χ1n) is 6.39. The second-order valence-corrected chi connectivity index (χ2v) is 8.01. The van der Waals surface area contributed by atoms with Gasteiger partial charge in [0.15, 0.2) is 9.84 Å². The second-order valence-electron chi connectivity index (χ2n) is 4.77. The molecule has 0 saturated heterocycles. The van der Waals surface area contributed by atoms with Crippen LogP contribution in [0.15, 0.2) is 53.0 Å². The average molecular weight is 364 g/mol. The van der Waals surface area contributed by atoms with E-state index in [2.05, 4.69) is 15.9 Å². The maximum atomic E-state index is 12.6. The highest BCUT2D eigenvalue weighted by Gasteiger charge is 2.24. The standard InChI is InChI=1S/C16H14BrNO2S/c1-12(13-7-4-8-16(17)9-13)21(19,20)11-15-6-3-2-5-14(15)10-18/h2-9,12H,11H2,1H3. The molecule has 0 heterocycles. The molecule has 21 heavy (non-hydrogen) atoms. The molecule has 1 unspecified atom stereocenters. The fourth-order valence-corrected chi connectivity index (χ4v) is 3.98. The monoisotopic (exact) mass is 363 g/mol. The molecule has 5 heteroatoms. The van der Waals surface area contributed by atoms with E-state index in [4.69, 9.17) is 5.26 Å². The molecule has 108 valence electrons. The maximum Gasteiger partial charge on any atom is 0.161 e. The molecule has 2 aromatic carbocycles. The third kappa shape index (κ3) is 3.72. The number of sulfone groups is 1. The number of halogens is 1. The number of hydrogen-bond acceptors (Lipinski definition) is 3. The van der Waals surface area contributed by atoms with Crippen LogP contribution in [0.3, 0.4) is 0 Å². The van der Waals surface area contributed by atoms with Crippen LogP contribution in [0.1, 0.15) is 28.9 Å². The molecule has 0 spiro atoms. The maximum absolute atomic E-state index is 12.6. The van der Waals surface area contributed by atoms with Gasteiger partial charge in [0.25, 0.3) is 0 Å². The van der Waals surface area contributed by atoms with Crippen molar-refractivity contribution >= 4 is 25.8 Å². The summed E-state index contributed by atoms with van der Waals surface area (Å²) in [4.78, 5) is 0. The van der Waals surface area contributed by atoms with Crippen LogP contribution in [0.4, 0.5) is 0 Å². The zero-order valence-electron chi connectivity index (χ0n) is 11.5. The predicted molar refractivity (Wildman–Crippen MR) is 86.3 cm³/mol. The van der Waals surface area contributed by atoms with Crippen LogP contribution in [-0.2, 0) is 15.6 Å². The number of rotatable bonds is 4. The van der Waals surface area contributed by atoms with Crippen LogP contribution < -0.4 is 0 Å². The fraction of sp³-hybridized carbons (Fsp3) is 0.188. The molecule has 0 N–H and O–H groups in total. The third-order valence-electron chi connectivity index (χ3n) is 3.35. The van der Waals surface area contributed by atoms with Crippen molar-refractivity contribution in [1.29, 1.82) is 5.26 Å². The molecule has 0 aliphatic carbocycles. The summed E-state index contributed by atoms with van der Waals surface area (Å²) < 4.78 is 26.0. The summed E-state index contributed by atoms with van der Waals surface area (Å²) in [6, 6.07) is 16.1. The van der Waals surface area contributed by atoms with Crippen LogP contribution >= 0.6 is 15.9 Å². The lowest BCUT2D eigenvalue weighted by molar-refractivity contribution is 0.585. The lowest BCUT2D eigenvalue weighted by Crippen LogP contribution is -2.13. The summed E-state index contributed by atoms with van der Waals surface area (Å²) in [7, 11) is -3.39. The number of nitriles is 1. The van der Waals surface area contributed by atoms with Gasteiger partial charge < -0.3 is 0 Å². The largest absolute Gasteiger partial charge is 0.228 e. The molecule has 1 atom stereocenters. The second kappa shape index (κ2) is 6.42. The molecule has 3 nitrogen and oxygen atoms in total. The van der Waals surface area contributed by atoms with Gasteiger partial charge in [-0.05, 0) is 36.2 Å². The normalized spacial score (nSPS) is 12.6. The van der Waals surface area contributed by atoms with E-state index in [1.165, 1.54) is 0 Å². The molecule has 0 aliphatic rings. The van der Waals surface area contributed by atoms with E-state index in [1.807, 2.05) is 18.2 Å². The minimum Gasteiger partial charge on any atom is -0.228 e. The molecular formula is C16H14BrNO2S. The Hall–Kier alpha value is -1.64. The molecular weight excluding hydrogens is 350 g/mol. The molecule has 2 aromatic rings. The Morgan fingerprint density at radius 3 is 2.57 bits per heavy atom. The van der Waals surface area contributed by atoms with Crippen LogP contribution in [0.25, 0.3) is 0 Å². The van der Waals surface area contributed by atoms with E-state index in [9.17, 15) is 8.42 Å². The summed E-state index contributed by atoms with van der Waals surface area (Å²) in [6.07, 6.45) is 0. The van der Waals surface area contributed by atoms with Crippen molar-refractivity contribution in [3.05, 3.63) is 69.7 Å². The van der Waals surface area contributed by atoms with Gasteiger partial charge in [0, 0.05) is 4.47 Å². The lowest BCUT2D eigenvalue weighted by Gasteiger charge is -2.14. The fourth-order valence-electron chi connectivity index (χ4n) is 2.06. The Balaban J connectivity index is 2.32. The Kier molecular flexibility index (Phi) is 4.81. The van der Waals surface area contributed by atoms with Gasteiger partial charge in [-0.25, -0.2) is 8.42 Å². The van der Waals surface area contributed by atoms with E-state index in [0.717, 1.165) is 10.0 Å². The van der Waals surface area contributed by atoms with E-state index >= 15 is 0 Å². The number of hydrogen-bond donors (Lipinski definition) is 0. The van der Waals surface area contributed by atoms with Crippen molar-refractivity contribution in [2.24, 2.45) is 0 Å². The van der Waals surface area contributed by atoms with Crippen molar-refractivity contribution in [1.82, 2.24) is 0 Å². The van der Waals surface area contributed by atoms with Crippen LogP contribution in [0.2, 0.25) is 0 Å². The van der Waals surface area contributed by atoms with Crippen molar-refractivity contribution in [3.8, 4) is 6.07 Å². The van der Waals surface area contributed by atoms with E-state index in [-0.39, 0.29) is 5.75 Å². The first-order valence-corrected chi connectivity index (χ1v) is 8.90. The third-order valence-corrected chi connectivity index (χ3v) is 5.91. The molecule has 0 amide bonds. The summed E-state index contributed by atoms with van der Waals surface area (Å²) in [6.45, 7) is 1.67. The minimum atomic E-state index is -3.39. The first-order chi connectivity index (χ1) is 9.94. The molecule has 0 bridgehead atoms. The zero-order valence-corrected chi connectivity index (χ0v) is 13.9. The van der Waals surface area contributed by atoms with Crippen LogP contribution in [0, 0.1) is 11.3 Å². The Bertz CT molecular complexity index is 794. The predicted octanol–water partition coefficient (Wildman–Crippen LogP) is 4.00. The van der Waals surface area contributed by atoms with Crippen LogP contribution in [-0.4, -0.2) is 8.42 Å². The van der Waals surface area contributed by atoms with Crippen molar-refractivity contribution in [2.45, 2.75) is 17.9 Å². The number of benzene rings is 2. The lowest BCUT2D eigenvalue weighted by atomic mass is 10.1. The van der Waals surface area contributed by atoms with Gasteiger partial charge in [0.05, 0.1) is 22.6 Å². The van der Waals surface area contributed by atoms with Gasteiger partial charge in [-0.15, -0.1) is 0 Å². The van der Waals surface area contributed by atoms with Gasteiger partial charge in [-0.2, -0.15) is 5.26 Å². The first kappa shape index (κ1) is 15.7. The van der Waals surface area contributed by atoms with Crippen molar-refractivity contribution < 1.29 is 8.42 Å². The summed E-state index contributed by atoms with van der Waals surface area (Å²) in [5.41, 5.74) is 1.68. The highest BCUT2D eigenvalue weighted by Crippen LogP contribution is 2.27. The molecule has 0 saturated carbocycles. The summed E-state index contributed by atoms with van der Waals surface area (Å²) >= 11 is 3.35. The van der Waals surface area contributed by atoms with Gasteiger partial charge in [0.2, 0.25) is 0 Å². The topological polar surface area (TPSA) is 57.9 Å². The molecule has 0 aliphatic heterocycles. The highest BCUT2D eigenvalue weighted by atomic mass is 79.9. The quantitative estimate of drug-likeness (QED) is 0.824. The van der Waals surface area contributed by atoms with Gasteiger partial charge in [0.1, 0.15) is 0 Å². The van der Waals surface area contributed by atoms with Crippen molar-refractivity contribution in [3.63, 3.8) is 0 Å². The van der Waals surface area contributed by atoms with Crippen LogP contribution in [0.5, 0.6) is 0 Å². The molecule has 0 fully saturated rings. The Labute approximate surface area is 133 Å². The van der Waals surface area contributed by atoms with Gasteiger partial charge in [-0.1, -0.05) is 46.3 Å². The van der Waals surface area contributed by atoms with E-state index in [0.29, 0.717) is 11.1 Å². The van der Waals surface area contributed by atoms with E-state index in [1.54, 1.807) is 43.3 Å². The van der Waals surface area contributed by atoms with Gasteiger partial charge in [-0.3, -0.25) is 0 Å². The highest BCUT2D eigenvalue weighted by molar-refractivity contribution is 9.10. The molecule has 0 aromatic heterocycles. The average Bonchev–Trinajstić information content (AvgIpc) is 2.46. The summed E-state index contributed by atoms with van der Waals surface area (Å²) in [5, 5.41) is 8.43. The minimum absolute atomic E-state index is 0.135. The smallest absolute Gasteiger partial charge is 0.161 e. The van der Waals surface area contributed by atoms with E-state index < -0.39 is 15.1 Å². The Morgan fingerprint density at radius 2 is 1.90 bits per heavy atom. The zero-order chi connectivity index (χ0) is 15.5. The molecule has 0 radical (unpaired) electrons. The Morgan fingerprint density at radius 1 is 1.19 bits per heavy atom. The summed E-state index contributed by atoms with van der Waals surface area (Å²) in [5.74, 6) is -0.135. The SMILES string of the molecule is CC(c1cccc(Br)c1)S(=O)(=O)Cc1ccccc1C#N. The van der Waals surface area contributed by atoms with Gasteiger partial charge >= 0.3 is 0 Å².